The van der Waals surface area contributed by atoms with Gasteiger partial charge in [0.05, 0.1) is 5.69 Å². The van der Waals surface area contributed by atoms with E-state index < -0.39 is 0 Å². The summed E-state index contributed by atoms with van der Waals surface area (Å²) in [4.78, 5) is 47.4. The molecule has 6 aromatic rings. The Morgan fingerprint density at radius 1 is 0.397 bits per heavy atom. The van der Waals surface area contributed by atoms with Crippen LogP contribution < -0.4 is 21.3 Å². The third-order valence-corrected chi connectivity index (χ3v) is 15.6. The van der Waals surface area contributed by atoms with Crippen LogP contribution in [0.15, 0.2) is 91.0 Å². The van der Waals surface area contributed by atoms with E-state index in [1.54, 1.807) is 30.3 Å². The van der Waals surface area contributed by atoms with E-state index in [1.165, 1.54) is 35.1 Å². The first kappa shape index (κ1) is 46.7. The molecule has 3 amide bonds. The topological polar surface area (TPSA) is 112 Å². The van der Waals surface area contributed by atoms with Crippen LogP contribution in [-0.2, 0) is 10.8 Å². The zero-order chi connectivity index (χ0) is 48.1. The summed E-state index contributed by atoms with van der Waals surface area (Å²) in [5.41, 5.74) is 17.5. The molecule has 0 saturated heterocycles. The number of aryl methyl sites for hydroxylation is 8. The number of hydrogen-bond donors (Lipinski definition) is 4. The van der Waals surface area contributed by atoms with Crippen molar-refractivity contribution in [3.8, 4) is 0 Å². The number of aromatic nitrogens is 1. The van der Waals surface area contributed by atoms with Gasteiger partial charge in [-0.15, -0.1) is 0 Å². The van der Waals surface area contributed by atoms with Gasteiger partial charge in [-0.05, 0) is 178 Å². The molecule has 0 unspecified atom stereocenters. The van der Waals surface area contributed by atoms with E-state index >= 15 is 0 Å². The van der Waals surface area contributed by atoms with Gasteiger partial charge in [-0.2, -0.15) is 0 Å². The van der Waals surface area contributed by atoms with Crippen molar-refractivity contribution >= 4 is 57.7 Å². The Morgan fingerprint density at radius 3 is 1.07 bits per heavy atom. The molecular weight excluding hydrogens is 859 g/mol. The summed E-state index contributed by atoms with van der Waals surface area (Å²) in [6.45, 7) is 16.6. The van der Waals surface area contributed by atoms with Gasteiger partial charge >= 0.3 is 0 Å². The van der Waals surface area contributed by atoms with E-state index in [1.807, 2.05) is 12.1 Å². The Hall–Kier alpha value is -6.45. The minimum atomic E-state index is -0.294. The maximum Gasteiger partial charge on any atom is 0.274 e. The van der Waals surface area contributed by atoms with E-state index in [-0.39, 0.29) is 34.2 Å². The van der Waals surface area contributed by atoms with Crippen LogP contribution >= 0.6 is 12.2 Å². The minimum absolute atomic E-state index is 0.209. The molecule has 18 rings (SSSR count). The van der Waals surface area contributed by atoms with E-state index in [0.29, 0.717) is 21.8 Å². The molecule has 1 aromatic heterocycles. The van der Waals surface area contributed by atoms with Gasteiger partial charge in [0.1, 0.15) is 10.7 Å². The summed E-state index contributed by atoms with van der Waals surface area (Å²) in [5, 5.41) is 13.2. The maximum atomic E-state index is 14.1. The lowest BCUT2D eigenvalue weighted by atomic mass is 9.64. The highest BCUT2D eigenvalue weighted by Crippen LogP contribution is 2.49. The second kappa shape index (κ2) is 18.6. The monoisotopic (exact) mass is 921 g/mol. The van der Waals surface area contributed by atoms with Gasteiger partial charge < -0.3 is 21.3 Å². The minimum Gasteiger partial charge on any atom is -0.344 e. The molecule has 9 heteroatoms. The van der Waals surface area contributed by atoms with Gasteiger partial charge in [0, 0.05) is 44.7 Å². The number of carbonyl (C=O) groups excluding carboxylic acids is 3. The number of benzene rings is 5. The molecule has 12 bridgehead atoms. The summed E-state index contributed by atoms with van der Waals surface area (Å²) in [6.07, 6.45) is 10.8. The molecule has 2 spiro atoms. The molecule has 10 aliphatic heterocycles. The van der Waals surface area contributed by atoms with E-state index in [2.05, 4.69) is 125 Å². The molecule has 12 aliphatic rings. The lowest BCUT2D eigenvalue weighted by molar-refractivity contribution is 0.101. The molecule has 11 heterocycles. The number of thiocarbonyl (C=S) groups is 1. The highest BCUT2D eigenvalue weighted by molar-refractivity contribution is 7.81. The van der Waals surface area contributed by atoms with Gasteiger partial charge in [-0.1, -0.05) is 111 Å². The van der Waals surface area contributed by atoms with Crippen molar-refractivity contribution in [3.63, 3.8) is 0 Å². The second-order valence-electron chi connectivity index (χ2n) is 20.0. The average molecular weight is 922 g/mol. The van der Waals surface area contributed by atoms with Crippen LogP contribution in [-0.4, -0.2) is 27.7 Å². The number of carbonyl (C=O) groups is 3. The molecule has 0 radical (unpaired) electrons. The first-order chi connectivity index (χ1) is 32.6. The predicted octanol–water partition coefficient (Wildman–Crippen LogP) is 13.9. The summed E-state index contributed by atoms with van der Waals surface area (Å²) in [5.74, 6) is -0.825. The lowest BCUT2D eigenvalue weighted by Gasteiger charge is -2.40. The van der Waals surface area contributed by atoms with Gasteiger partial charge in [-0.3, -0.25) is 14.4 Å². The first-order valence-corrected chi connectivity index (χ1v) is 24.8. The predicted molar refractivity (Wildman–Crippen MR) is 281 cm³/mol. The Kier molecular flexibility index (Phi) is 12.7. The van der Waals surface area contributed by atoms with E-state index in [9.17, 15) is 14.4 Å². The second-order valence-corrected chi connectivity index (χ2v) is 20.4. The van der Waals surface area contributed by atoms with Crippen LogP contribution in [0.4, 0.5) is 22.7 Å². The number of nitrogens with zero attached hydrogens (tertiary/aromatic N) is 1. The van der Waals surface area contributed by atoms with Crippen molar-refractivity contribution in [1.29, 1.82) is 0 Å². The smallest absolute Gasteiger partial charge is 0.274 e. The van der Waals surface area contributed by atoms with Crippen molar-refractivity contribution < 1.29 is 14.4 Å². The zero-order valence-corrected chi connectivity index (χ0v) is 41.6. The molecular formula is C59H63N5O3S. The fourth-order valence-corrected chi connectivity index (χ4v) is 12.0. The molecule has 2 saturated carbocycles. The van der Waals surface area contributed by atoms with Crippen LogP contribution in [0.2, 0.25) is 0 Å². The number of amides is 3. The highest BCUT2D eigenvalue weighted by Gasteiger charge is 2.39. The van der Waals surface area contributed by atoms with Gasteiger partial charge in [0.15, 0.2) is 0 Å². The molecule has 8 nitrogen and oxygen atoms in total. The Morgan fingerprint density at radius 2 is 0.706 bits per heavy atom. The van der Waals surface area contributed by atoms with E-state index in [0.717, 1.165) is 119 Å². The number of hydrogen-bond acceptors (Lipinski definition) is 5. The fraction of sp³-hybridized carbons (Fsp3) is 0.339. The largest absolute Gasteiger partial charge is 0.344 e. The van der Waals surface area contributed by atoms with Crippen LogP contribution in [0, 0.1) is 55.4 Å². The quantitative estimate of drug-likeness (QED) is 0.113. The Bertz CT molecular complexity index is 2570. The van der Waals surface area contributed by atoms with Gasteiger partial charge in [-0.25, -0.2) is 4.98 Å². The summed E-state index contributed by atoms with van der Waals surface area (Å²) >= 11 is 6.01. The van der Waals surface area contributed by atoms with Crippen molar-refractivity contribution in [2.24, 2.45) is 0 Å². The Balaban J connectivity index is 1.14. The van der Waals surface area contributed by atoms with E-state index in [4.69, 9.17) is 17.2 Å². The molecule has 4 N–H and O–H groups in total. The standard InChI is InChI=1S/C59H63N5O3S/c1-34-25-44-26-35(2)50(34)61-54(65)42-17-15-18-43(33-42)55(66)62-51-36(3)27-45(28-37(51)4)59(23-13-10-14-24-59)47-31-40(7)53(41(8)32-47)64-57(68)49-20-16-19-48(60-49)56(67)63-52-38(5)29-46(30-39(52)6)58(44)21-11-9-12-22-58/h15-20,25-33H,9-14,21-24H2,1-8H3,(H,61,65)(H,62,66)(H,63,67)(H,64,68). The normalized spacial score (nSPS) is 17.1. The molecule has 348 valence electrons. The molecule has 5 aromatic carbocycles. The molecule has 2 aliphatic carbocycles. The van der Waals surface area contributed by atoms with Crippen molar-refractivity contribution in [2.45, 2.75) is 130 Å². The maximum absolute atomic E-state index is 14.1. The first-order valence-electron chi connectivity index (χ1n) is 24.4. The third kappa shape index (κ3) is 8.66. The SMILES string of the molecule is Cc1cc2cc(C)c1NC(=O)c1cccc(c1)C(=O)Nc1c(C)cc(cc1C)C1(CCCCC1)c1cc(C)c(c(C)c1)NC(=S)c1cccc(n1)C(=O)Nc1c(C)cc(cc1C)C21CCCCC1. The average Bonchev–Trinajstić information content (AvgIpc) is 3.33. The van der Waals surface area contributed by atoms with Crippen LogP contribution in [0.1, 0.15) is 168 Å². The van der Waals surface area contributed by atoms with Crippen LogP contribution in [0.25, 0.3) is 0 Å². The van der Waals surface area contributed by atoms with Crippen LogP contribution in [0.5, 0.6) is 0 Å². The van der Waals surface area contributed by atoms with Crippen LogP contribution in [0.3, 0.4) is 0 Å². The molecule has 68 heavy (non-hydrogen) atoms. The Labute approximate surface area is 407 Å². The summed E-state index contributed by atoms with van der Waals surface area (Å²) in [6, 6.07) is 30.5. The number of anilines is 4. The summed E-state index contributed by atoms with van der Waals surface area (Å²) < 4.78 is 0. The number of nitrogens with one attached hydrogen (secondary N) is 4. The number of rotatable bonds is 0. The van der Waals surface area contributed by atoms with Crippen molar-refractivity contribution in [1.82, 2.24) is 4.98 Å². The fourth-order valence-electron chi connectivity index (χ4n) is 11.8. The lowest BCUT2D eigenvalue weighted by Crippen LogP contribution is -2.31. The molecule has 0 atom stereocenters. The summed E-state index contributed by atoms with van der Waals surface area (Å²) in [7, 11) is 0. The zero-order valence-electron chi connectivity index (χ0n) is 40.8. The number of pyridine rings is 1. The van der Waals surface area contributed by atoms with Gasteiger partial charge in [0.25, 0.3) is 17.7 Å². The van der Waals surface area contributed by atoms with Crippen molar-refractivity contribution in [2.75, 3.05) is 21.3 Å². The van der Waals surface area contributed by atoms with Gasteiger partial charge in [0.2, 0.25) is 0 Å². The highest BCUT2D eigenvalue weighted by atomic mass is 32.1. The van der Waals surface area contributed by atoms with Crippen molar-refractivity contribution in [3.05, 3.63) is 180 Å². The molecule has 2 fully saturated rings. The third-order valence-electron chi connectivity index (χ3n) is 15.3.